The molecule has 0 aromatic heterocycles. The highest BCUT2D eigenvalue weighted by Gasteiger charge is 2.28. The topological polar surface area (TPSA) is 77.0 Å². The molecule has 1 heterocycles. The van der Waals surface area contributed by atoms with Gasteiger partial charge in [0.15, 0.2) is 5.78 Å². The van der Waals surface area contributed by atoms with Gasteiger partial charge < -0.3 is 0 Å². The van der Waals surface area contributed by atoms with Gasteiger partial charge in [-0.1, -0.05) is 30.3 Å². The van der Waals surface area contributed by atoms with Crippen LogP contribution in [-0.2, 0) is 0 Å². The number of carbonyl (C=O) groups is 1. The SMILES string of the molecule is N#Cc1cc2/c(cc1C#N)=C/CCC1=C(N=2)c2ccccc2C1=O. The Labute approximate surface area is 138 Å². The zero-order valence-corrected chi connectivity index (χ0v) is 12.7. The van der Waals surface area contributed by atoms with E-state index in [2.05, 4.69) is 6.07 Å². The van der Waals surface area contributed by atoms with Crippen molar-refractivity contribution >= 4 is 17.6 Å². The molecule has 112 valence electrons. The minimum Gasteiger partial charge on any atom is -0.289 e. The molecule has 0 saturated heterocycles. The van der Waals surface area contributed by atoms with Crippen LogP contribution in [0.3, 0.4) is 0 Å². The van der Waals surface area contributed by atoms with Crippen molar-refractivity contribution in [2.24, 2.45) is 4.99 Å². The number of allylic oxidation sites excluding steroid dienone is 1. The van der Waals surface area contributed by atoms with Gasteiger partial charge in [0.05, 0.1) is 22.2 Å². The zero-order chi connectivity index (χ0) is 16.7. The number of fused-ring (bicyclic) bond motifs is 3. The molecule has 2 aromatic rings. The Kier molecular flexibility index (Phi) is 3.11. The lowest BCUT2D eigenvalue weighted by Crippen LogP contribution is -2.27. The van der Waals surface area contributed by atoms with Crippen LogP contribution in [0.4, 0.5) is 0 Å². The van der Waals surface area contributed by atoms with Crippen LogP contribution in [0.5, 0.6) is 0 Å². The third kappa shape index (κ3) is 1.98. The van der Waals surface area contributed by atoms with Crippen LogP contribution in [0.25, 0.3) is 11.8 Å². The van der Waals surface area contributed by atoms with Crippen LogP contribution in [0.1, 0.15) is 39.9 Å². The third-order valence-electron chi connectivity index (χ3n) is 4.39. The first-order chi connectivity index (χ1) is 11.7. The van der Waals surface area contributed by atoms with Gasteiger partial charge in [-0.3, -0.25) is 4.79 Å². The maximum atomic E-state index is 12.6. The van der Waals surface area contributed by atoms with Gasteiger partial charge in [0.2, 0.25) is 0 Å². The number of rotatable bonds is 0. The Morgan fingerprint density at radius 2 is 1.71 bits per heavy atom. The van der Waals surface area contributed by atoms with Crippen molar-refractivity contribution in [3.63, 3.8) is 0 Å². The van der Waals surface area contributed by atoms with E-state index in [0.717, 1.165) is 16.4 Å². The first-order valence-corrected chi connectivity index (χ1v) is 7.63. The summed E-state index contributed by atoms with van der Waals surface area (Å²) in [5.41, 5.74) is 3.59. The number of nitriles is 2. The van der Waals surface area contributed by atoms with Crippen LogP contribution in [-0.4, -0.2) is 5.78 Å². The largest absolute Gasteiger partial charge is 0.289 e. The number of benzene rings is 2. The summed E-state index contributed by atoms with van der Waals surface area (Å²) in [7, 11) is 0. The van der Waals surface area contributed by atoms with E-state index in [4.69, 9.17) is 4.99 Å². The molecule has 0 N–H and O–H groups in total. The fraction of sp³-hybridized carbons (Fsp3) is 0.100. The second-order valence-electron chi connectivity index (χ2n) is 5.74. The number of Topliss-reactive ketones (excluding diaryl/α,β-unsaturated/α-hetero) is 1. The zero-order valence-electron chi connectivity index (χ0n) is 12.7. The van der Waals surface area contributed by atoms with Gasteiger partial charge in [-0.15, -0.1) is 0 Å². The van der Waals surface area contributed by atoms with E-state index in [9.17, 15) is 15.3 Å². The molecule has 24 heavy (non-hydrogen) atoms. The highest BCUT2D eigenvalue weighted by Crippen LogP contribution is 2.35. The van der Waals surface area contributed by atoms with Crippen LogP contribution in [0, 0.1) is 22.7 Å². The predicted octanol–water partition coefficient (Wildman–Crippen LogP) is 2.23. The molecule has 0 bridgehead atoms. The van der Waals surface area contributed by atoms with E-state index in [1.807, 2.05) is 36.4 Å². The molecule has 4 rings (SSSR count). The summed E-state index contributed by atoms with van der Waals surface area (Å²) < 4.78 is 0. The first-order valence-electron chi connectivity index (χ1n) is 7.63. The van der Waals surface area contributed by atoms with Crippen LogP contribution in [0.2, 0.25) is 0 Å². The predicted molar refractivity (Wildman–Crippen MR) is 88.0 cm³/mol. The first kappa shape index (κ1) is 14.1. The molecule has 1 aliphatic heterocycles. The van der Waals surface area contributed by atoms with Crippen molar-refractivity contribution in [3.05, 3.63) is 74.8 Å². The maximum Gasteiger partial charge on any atom is 0.191 e. The quantitative estimate of drug-likeness (QED) is 0.748. The fourth-order valence-corrected chi connectivity index (χ4v) is 3.22. The van der Waals surface area contributed by atoms with Gasteiger partial charge in [-0.05, 0) is 30.2 Å². The Morgan fingerprint density at radius 3 is 2.46 bits per heavy atom. The Bertz CT molecular complexity index is 1140. The normalized spacial score (nSPS) is 16.2. The van der Waals surface area contributed by atoms with Gasteiger partial charge in [0.1, 0.15) is 12.1 Å². The number of hydrogen-bond donors (Lipinski definition) is 0. The molecule has 0 radical (unpaired) electrons. The van der Waals surface area contributed by atoms with Crippen LogP contribution in [0.15, 0.2) is 47.0 Å². The molecule has 0 saturated carbocycles. The average molecular weight is 309 g/mol. The summed E-state index contributed by atoms with van der Waals surface area (Å²) in [5, 5.41) is 19.9. The van der Waals surface area contributed by atoms with E-state index >= 15 is 0 Å². The van der Waals surface area contributed by atoms with Gasteiger partial charge in [0.25, 0.3) is 0 Å². The molecule has 4 heteroatoms. The summed E-state index contributed by atoms with van der Waals surface area (Å²) in [5.74, 6) is 0.0374. The van der Waals surface area contributed by atoms with Gasteiger partial charge in [-0.2, -0.15) is 10.5 Å². The average Bonchev–Trinajstić information content (AvgIpc) is 2.85. The number of carbonyl (C=O) groups excluding carboxylic acids is 1. The monoisotopic (exact) mass is 309 g/mol. The van der Waals surface area contributed by atoms with E-state index in [-0.39, 0.29) is 5.78 Å². The van der Waals surface area contributed by atoms with Crippen molar-refractivity contribution in [2.45, 2.75) is 12.8 Å². The summed E-state index contributed by atoms with van der Waals surface area (Å²) in [4.78, 5) is 17.3. The minimum atomic E-state index is 0.0374. The van der Waals surface area contributed by atoms with Crippen molar-refractivity contribution in [1.29, 1.82) is 10.5 Å². The molecule has 0 fully saturated rings. The standard InChI is InChI=1S/C20H11N3O/c21-10-13-8-12-4-3-7-17-19(23-18(12)9-14(13)11-22)15-5-1-2-6-16(15)20(17)24/h1-2,4-6,8-9H,3,7H2/b12-4+,23-18?. The van der Waals surface area contributed by atoms with Crippen LogP contribution < -0.4 is 10.6 Å². The molecule has 0 unspecified atom stereocenters. The van der Waals surface area contributed by atoms with Crippen molar-refractivity contribution in [1.82, 2.24) is 0 Å². The summed E-state index contributed by atoms with van der Waals surface area (Å²) in [6.07, 6.45) is 3.28. The van der Waals surface area contributed by atoms with Gasteiger partial charge >= 0.3 is 0 Å². The smallest absolute Gasteiger partial charge is 0.191 e. The highest BCUT2D eigenvalue weighted by atomic mass is 16.1. The fourth-order valence-electron chi connectivity index (χ4n) is 3.22. The summed E-state index contributed by atoms with van der Waals surface area (Å²) in [6, 6.07) is 14.9. The minimum absolute atomic E-state index is 0.0374. The Morgan fingerprint density at radius 1 is 1.00 bits per heavy atom. The van der Waals surface area contributed by atoms with Crippen molar-refractivity contribution < 1.29 is 4.79 Å². The van der Waals surface area contributed by atoms with Gasteiger partial charge in [-0.25, -0.2) is 4.99 Å². The number of ketones is 1. The van der Waals surface area contributed by atoms with Gasteiger partial charge in [0, 0.05) is 16.7 Å². The molecule has 0 spiro atoms. The number of hydrogen-bond acceptors (Lipinski definition) is 4. The molecule has 2 aromatic carbocycles. The Hall–Kier alpha value is -3.50. The second kappa shape index (κ2) is 5.30. The lowest BCUT2D eigenvalue weighted by atomic mass is 10.0. The lowest BCUT2D eigenvalue weighted by molar-refractivity contribution is 0.103. The third-order valence-corrected chi connectivity index (χ3v) is 4.39. The number of nitrogens with zero attached hydrogens (tertiary/aromatic N) is 3. The summed E-state index contributed by atoms with van der Waals surface area (Å²) >= 11 is 0. The van der Waals surface area contributed by atoms with E-state index < -0.39 is 0 Å². The van der Waals surface area contributed by atoms with Crippen LogP contribution >= 0.6 is 0 Å². The van der Waals surface area contributed by atoms with E-state index in [0.29, 0.717) is 40.6 Å². The van der Waals surface area contributed by atoms with E-state index in [1.165, 1.54) is 0 Å². The second-order valence-corrected chi connectivity index (χ2v) is 5.74. The molecule has 4 nitrogen and oxygen atoms in total. The lowest BCUT2D eigenvalue weighted by Gasteiger charge is -2.05. The van der Waals surface area contributed by atoms with Crippen molar-refractivity contribution in [2.75, 3.05) is 0 Å². The molecule has 1 aliphatic carbocycles. The highest BCUT2D eigenvalue weighted by molar-refractivity contribution is 6.20. The van der Waals surface area contributed by atoms with Crippen molar-refractivity contribution in [3.8, 4) is 12.1 Å². The maximum absolute atomic E-state index is 12.6. The molecule has 0 atom stereocenters. The van der Waals surface area contributed by atoms with E-state index in [1.54, 1.807) is 12.1 Å². The Balaban J connectivity index is 2.06. The summed E-state index contributed by atoms with van der Waals surface area (Å²) in [6.45, 7) is 0. The molecule has 0 amide bonds. The molecular weight excluding hydrogens is 298 g/mol. The molecule has 2 aliphatic rings. The molecular formula is C20H11N3O.